The van der Waals surface area contributed by atoms with Crippen LogP contribution in [0, 0.1) is 11.8 Å². The average Bonchev–Trinajstić information content (AvgIpc) is 2.65. The Morgan fingerprint density at radius 3 is 2.45 bits per heavy atom. The standard InChI is InChI=1S/C9H17Br.CH4/c1-2-3-4-8-7-9(8)5-6-10;/h8-9H,2-7H2,1H3;1H4. The van der Waals surface area contributed by atoms with Gasteiger partial charge in [-0.2, -0.15) is 0 Å². The number of hydrogen-bond donors (Lipinski definition) is 0. The van der Waals surface area contributed by atoms with E-state index in [9.17, 15) is 0 Å². The molecule has 1 aliphatic rings. The Kier molecular flexibility index (Phi) is 6.31. The molecule has 1 fully saturated rings. The molecule has 1 heteroatoms. The molecule has 0 saturated heterocycles. The van der Waals surface area contributed by atoms with Gasteiger partial charge in [-0.15, -0.1) is 0 Å². The SMILES string of the molecule is C.CCCCC1CC1CCBr. The van der Waals surface area contributed by atoms with Crippen molar-refractivity contribution in [2.45, 2.75) is 46.5 Å². The normalized spacial score (nSPS) is 27.8. The van der Waals surface area contributed by atoms with Crippen molar-refractivity contribution in [3.05, 3.63) is 0 Å². The van der Waals surface area contributed by atoms with E-state index in [4.69, 9.17) is 0 Å². The van der Waals surface area contributed by atoms with E-state index in [1.165, 1.54) is 37.4 Å². The van der Waals surface area contributed by atoms with Gasteiger partial charge in [0.05, 0.1) is 0 Å². The summed E-state index contributed by atoms with van der Waals surface area (Å²) < 4.78 is 0. The van der Waals surface area contributed by atoms with E-state index < -0.39 is 0 Å². The topological polar surface area (TPSA) is 0 Å². The molecule has 1 aliphatic carbocycles. The lowest BCUT2D eigenvalue weighted by Gasteiger charge is -1.94. The quantitative estimate of drug-likeness (QED) is 0.609. The van der Waals surface area contributed by atoms with Crippen LogP contribution in [-0.4, -0.2) is 5.33 Å². The Labute approximate surface area is 79.9 Å². The highest BCUT2D eigenvalue weighted by Crippen LogP contribution is 2.44. The van der Waals surface area contributed by atoms with E-state index in [-0.39, 0.29) is 7.43 Å². The lowest BCUT2D eigenvalue weighted by Crippen LogP contribution is -1.83. The zero-order valence-corrected chi connectivity index (χ0v) is 8.36. The van der Waals surface area contributed by atoms with Gasteiger partial charge in [0.15, 0.2) is 0 Å². The van der Waals surface area contributed by atoms with Crippen LogP contribution in [0.2, 0.25) is 0 Å². The predicted octanol–water partition coefficient (Wildman–Crippen LogP) is 4.23. The van der Waals surface area contributed by atoms with Gasteiger partial charge in [0.2, 0.25) is 0 Å². The molecule has 0 aromatic heterocycles. The third-order valence-electron chi connectivity index (χ3n) is 2.48. The Bertz CT molecular complexity index is 90.9. The molecule has 1 rings (SSSR count). The molecule has 0 spiro atoms. The maximum Gasteiger partial charge on any atom is 0.00340 e. The molecule has 0 heterocycles. The zero-order chi connectivity index (χ0) is 7.40. The van der Waals surface area contributed by atoms with Crippen LogP contribution < -0.4 is 0 Å². The summed E-state index contributed by atoms with van der Waals surface area (Å²) in [6.07, 6.45) is 7.25. The predicted molar refractivity (Wildman–Crippen MR) is 56.3 cm³/mol. The molecule has 0 nitrogen and oxygen atoms in total. The van der Waals surface area contributed by atoms with Crippen molar-refractivity contribution in [1.29, 1.82) is 0 Å². The maximum absolute atomic E-state index is 3.49. The minimum atomic E-state index is 0. The van der Waals surface area contributed by atoms with Crippen LogP contribution in [0.5, 0.6) is 0 Å². The van der Waals surface area contributed by atoms with Crippen molar-refractivity contribution in [3.8, 4) is 0 Å². The van der Waals surface area contributed by atoms with Gasteiger partial charge in [-0.1, -0.05) is 49.5 Å². The molecule has 11 heavy (non-hydrogen) atoms. The largest absolute Gasteiger partial charge is 0.0928 e. The van der Waals surface area contributed by atoms with E-state index in [0.717, 1.165) is 11.8 Å². The minimum Gasteiger partial charge on any atom is -0.0928 e. The first-order valence-corrected chi connectivity index (χ1v) is 5.56. The van der Waals surface area contributed by atoms with E-state index in [2.05, 4.69) is 22.9 Å². The summed E-state index contributed by atoms with van der Waals surface area (Å²) in [5.41, 5.74) is 0. The van der Waals surface area contributed by atoms with Gasteiger partial charge in [0, 0.05) is 5.33 Å². The molecule has 68 valence electrons. The average molecular weight is 221 g/mol. The molecular formula is C10H21Br. The van der Waals surface area contributed by atoms with E-state index in [1.54, 1.807) is 0 Å². The van der Waals surface area contributed by atoms with Crippen molar-refractivity contribution >= 4 is 15.9 Å². The molecule has 0 aromatic carbocycles. The van der Waals surface area contributed by atoms with E-state index in [0.29, 0.717) is 0 Å². The number of halogens is 1. The Morgan fingerprint density at radius 2 is 1.91 bits per heavy atom. The molecule has 0 bridgehead atoms. The summed E-state index contributed by atoms with van der Waals surface area (Å²) in [7, 11) is 0. The summed E-state index contributed by atoms with van der Waals surface area (Å²) in [4.78, 5) is 0. The Balaban J connectivity index is 0.000001000. The lowest BCUT2D eigenvalue weighted by atomic mass is 10.1. The number of rotatable bonds is 5. The van der Waals surface area contributed by atoms with Crippen LogP contribution in [-0.2, 0) is 0 Å². The second-order valence-corrected chi connectivity index (χ2v) is 4.17. The van der Waals surface area contributed by atoms with Crippen LogP contribution in [0.4, 0.5) is 0 Å². The molecule has 0 aliphatic heterocycles. The van der Waals surface area contributed by atoms with Crippen molar-refractivity contribution < 1.29 is 0 Å². The van der Waals surface area contributed by atoms with Crippen LogP contribution in [0.15, 0.2) is 0 Å². The van der Waals surface area contributed by atoms with Gasteiger partial charge >= 0.3 is 0 Å². The van der Waals surface area contributed by atoms with Crippen LogP contribution >= 0.6 is 15.9 Å². The number of unbranched alkanes of at least 4 members (excludes halogenated alkanes) is 1. The first-order valence-electron chi connectivity index (χ1n) is 4.44. The molecule has 0 aromatic rings. The maximum atomic E-state index is 3.49. The van der Waals surface area contributed by atoms with Crippen molar-refractivity contribution in [2.24, 2.45) is 11.8 Å². The lowest BCUT2D eigenvalue weighted by molar-refractivity contribution is 0.596. The minimum absolute atomic E-state index is 0. The van der Waals surface area contributed by atoms with Crippen LogP contribution in [0.3, 0.4) is 0 Å². The summed E-state index contributed by atoms with van der Waals surface area (Å²) in [5.74, 6) is 2.20. The first-order chi connectivity index (χ1) is 4.88. The highest BCUT2D eigenvalue weighted by Gasteiger charge is 2.34. The first kappa shape index (κ1) is 11.5. The molecule has 2 unspecified atom stereocenters. The van der Waals surface area contributed by atoms with Gasteiger partial charge in [-0.05, 0) is 24.7 Å². The second-order valence-electron chi connectivity index (χ2n) is 3.38. The van der Waals surface area contributed by atoms with Crippen molar-refractivity contribution in [2.75, 3.05) is 5.33 Å². The molecule has 0 radical (unpaired) electrons. The van der Waals surface area contributed by atoms with Gasteiger partial charge in [0.25, 0.3) is 0 Å². The zero-order valence-electron chi connectivity index (χ0n) is 6.78. The molecule has 0 amide bonds. The molecule has 0 N–H and O–H groups in total. The highest BCUT2D eigenvalue weighted by atomic mass is 79.9. The summed E-state index contributed by atoms with van der Waals surface area (Å²) in [6.45, 7) is 2.28. The van der Waals surface area contributed by atoms with Gasteiger partial charge in [-0.3, -0.25) is 0 Å². The van der Waals surface area contributed by atoms with Crippen LogP contribution in [0.1, 0.15) is 46.5 Å². The summed E-state index contributed by atoms with van der Waals surface area (Å²) in [5, 5.41) is 1.21. The fraction of sp³-hybridized carbons (Fsp3) is 1.00. The monoisotopic (exact) mass is 220 g/mol. The van der Waals surface area contributed by atoms with E-state index >= 15 is 0 Å². The second kappa shape index (κ2) is 6.05. The molecule has 2 atom stereocenters. The van der Waals surface area contributed by atoms with Gasteiger partial charge in [-0.25, -0.2) is 0 Å². The van der Waals surface area contributed by atoms with E-state index in [1.807, 2.05) is 0 Å². The number of hydrogen-bond acceptors (Lipinski definition) is 0. The summed E-state index contributed by atoms with van der Waals surface area (Å²) >= 11 is 3.49. The third-order valence-corrected chi connectivity index (χ3v) is 2.94. The Morgan fingerprint density at radius 1 is 1.27 bits per heavy atom. The van der Waals surface area contributed by atoms with Crippen molar-refractivity contribution in [1.82, 2.24) is 0 Å². The highest BCUT2D eigenvalue weighted by molar-refractivity contribution is 9.09. The third kappa shape index (κ3) is 4.15. The fourth-order valence-electron chi connectivity index (χ4n) is 1.62. The summed E-state index contributed by atoms with van der Waals surface area (Å²) in [6, 6.07) is 0. The van der Waals surface area contributed by atoms with Crippen LogP contribution in [0.25, 0.3) is 0 Å². The molecular weight excluding hydrogens is 200 g/mol. The smallest absolute Gasteiger partial charge is 0.00340 e. The number of alkyl halides is 1. The van der Waals surface area contributed by atoms with Crippen molar-refractivity contribution in [3.63, 3.8) is 0 Å². The van der Waals surface area contributed by atoms with Gasteiger partial charge < -0.3 is 0 Å². The van der Waals surface area contributed by atoms with Gasteiger partial charge in [0.1, 0.15) is 0 Å². The fourth-order valence-corrected chi connectivity index (χ4v) is 2.21. The Hall–Kier alpha value is 0.480. The molecule has 1 saturated carbocycles.